The van der Waals surface area contributed by atoms with E-state index in [4.69, 9.17) is 0 Å². The largest absolute Gasteiger partial charge is 0.347 e. The van der Waals surface area contributed by atoms with Gasteiger partial charge in [0.2, 0.25) is 5.56 Å². The Balaban J connectivity index is 1.95. The molecule has 0 unspecified atom stereocenters. The summed E-state index contributed by atoms with van der Waals surface area (Å²) in [4.78, 5) is 27.6. The lowest BCUT2D eigenvalue weighted by molar-refractivity contribution is 0.0951. The van der Waals surface area contributed by atoms with Crippen molar-refractivity contribution in [3.63, 3.8) is 0 Å². The van der Waals surface area contributed by atoms with Crippen LogP contribution in [-0.2, 0) is 13.0 Å². The molecular formula is C13H14N2O2S. The minimum Gasteiger partial charge on any atom is -0.347 e. The third kappa shape index (κ3) is 3.07. The number of pyridine rings is 1. The normalized spacial score (nSPS) is 10.3. The first-order valence-electron chi connectivity index (χ1n) is 5.73. The predicted octanol–water partition coefficient (Wildman–Crippen LogP) is 1.93. The SMILES string of the molecule is CCc1ccc(CNC(=O)c2ccc(=O)[nH]c2)s1. The maximum Gasteiger partial charge on any atom is 0.253 e. The van der Waals surface area contributed by atoms with Crippen molar-refractivity contribution in [2.75, 3.05) is 0 Å². The number of amides is 1. The number of rotatable bonds is 4. The number of aryl methyl sites for hydroxylation is 1. The fourth-order valence-electron chi connectivity index (χ4n) is 1.53. The Morgan fingerprint density at radius 3 is 2.67 bits per heavy atom. The summed E-state index contributed by atoms with van der Waals surface area (Å²) in [7, 11) is 0. The number of carbonyl (C=O) groups is 1. The van der Waals surface area contributed by atoms with Crippen LogP contribution in [0.2, 0.25) is 0 Å². The van der Waals surface area contributed by atoms with Crippen molar-refractivity contribution < 1.29 is 4.79 Å². The van der Waals surface area contributed by atoms with Crippen molar-refractivity contribution in [2.45, 2.75) is 19.9 Å². The number of hydrogen-bond donors (Lipinski definition) is 2. The molecule has 0 aromatic carbocycles. The average Bonchev–Trinajstić information content (AvgIpc) is 2.85. The number of aromatic amines is 1. The zero-order chi connectivity index (χ0) is 13.0. The van der Waals surface area contributed by atoms with Gasteiger partial charge in [0.15, 0.2) is 0 Å². The van der Waals surface area contributed by atoms with Crippen LogP contribution < -0.4 is 10.9 Å². The highest BCUT2D eigenvalue weighted by molar-refractivity contribution is 7.11. The number of hydrogen-bond acceptors (Lipinski definition) is 3. The third-order valence-electron chi connectivity index (χ3n) is 2.54. The third-order valence-corrected chi connectivity index (χ3v) is 3.76. The number of nitrogens with one attached hydrogen (secondary N) is 2. The first-order valence-corrected chi connectivity index (χ1v) is 6.55. The second-order valence-electron chi connectivity index (χ2n) is 3.85. The van der Waals surface area contributed by atoms with E-state index in [1.165, 1.54) is 23.2 Å². The van der Waals surface area contributed by atoms with E-state index < -0.39 is 0 Å². The van der Waals surface area contributed by atoms with E-state index in [0.717, 1.165) is 11.3 Å². The molecule has 4 nitrogen and oxygen atoms in total. The van der Waals surface area contributed by atoms with Crippen molar-refractivity contribution in [2.24, 2.45) is 0 Å². The van der Waals surface area contributed by atoms with Crippen molar-refractivity contribution in [1.29, 1.82) is 0 Å². The van der Waals surface area contributed by atoms with Gasteiger partial charge in [0.25, 0.3) is 5.91 Å². The van der Waals surface area contributed by atoms with Crippen LogP contribution in [0.3, 0.4) is 0 Å². The molecule has 2 rings (SSSR count). The molecule has 0 spiro atoms. The van der Waals surface area contributed by atoms with Crippen molar-refractivity contribution >= 4 is 17.2 Å². The Labute approximate surface area is 109 Å². The zero-order valence-corrected chi connectivity index (χ0v) is 10.8. The Morgan fingerprint density at radius 2 is 2.06 bits per heavy atom. The molecule has 0 aliphatic carbocycles. The van der Waals surface area contributed by atoms with E-state index in [0.29, 0.717) is 12.1 Å². The van der Waals surface area contributed by atoms with Gasteiger partial charge in [0.1, 0.15) is 0 Å². The van der Waals surface area contributed by atoms with Crippen LogP contribution in [-0.4, -0.2) is 10.9 Å². The summed E-state index contributed by atoms with van der Waals surface area (Å²) in [6.45, 7) is 2.62. The molecule has 94 valence electrons. The number of thiophene rings is 1. The van der Waals surface area contributed by atoms with Crippen LogP contribution in [0, 0.1) is 0 Å². The Hall–Kier alpha value is -1.88. The van der Waals surface area contributed by atoms with Crippen LogP contribution in [0.1, 0.15) is 27.0 Å². The second-order valence-corrected chi connectivity index (χ2v) is 5.10. The quantitative estimate of drug-likeness (QED) is 0.884. The fraction of sp³-hybridized carbons (Fsp3) is 0.231. The molecule has 0 bridgehead atoms. The topological polar surface area (TPSA) is 62.0 Å². The van der Waals surface area contributed by atoms with Crippen LogP contribution in [0.15, 0.2) is 35.3 Å². The first-order chi connectivity index (χ1) is 8.69. The van der Waals surface area contributed by atoms with Crippen molar-refractivity contribution in [1.82, 2.24) is 10.3 Å². The smallest absolute Gasteiger partial charge is 0.253 e. The van der Waals surface area contributed by atoms with E-state index in [2.05, 4.69) is 23.3 Å². The van der Waals surface area contributed by atoms with Gasteiger partial charge in [-0.15, -0.1) is 11.3 Å². The van der Waals surface area contributed by atoms with Gasteiger partial charge >= 0.3 is 0 Å². The maximum atomic E-state index is 11.8. The minimum atomic E-state index is -0.211. The standard InChI is InChI=1S/C13H14N2O2S/c1-2-10-4-5-11(18-10)8-15-13(17)9-3-6-12(16)14-7-9/h3-7H,2,8H2,1H3,(H,14,16)(H,15,17). The molecule has 2 N–H and O–H groups in total. The predicted molar refractivity (Wildman–Crippen MR) is 71.9 cm³/mol. The molecule has 2 heterocycles. The molecular weight excluding hydrogens is 248 g/mol. The van der Waals surface area contributed by atoms with Gasteiger partial charge in [0.05, 0.1) is 12.1 Å². The molecule has 0 aliphatic heterocycles. The van der Waals surface area contributed by atoms with Gasteiger partial charge in [-0.3, -0.25) is 9.59 Å². The fourth-order valence-corrected chi connectivity index (χ4v) is 2.43. The number of carbonyl (C=O) groups excluding carboxylic acids is 1. The van der Waals surface area contributed by atoms with Gasteiger partial charge in [-0.05, 0) is 24.6 Å². The average molecular weight is 262 g/mol. The summed E-state index contributed by atoms with van der Waals surface area (Å²) >= 11 is 1.70. The lowest BCUT2D eigenvalue weighted by atomic mass is 10.2. The Morgan fingerprint density at radius 1 is 1.28 bits per heavy atom. The highest BCUT2D eigenvalue weighted by Gasteiger charge is 2.05. The molecule has 2 aromatic rings. The lowest BCUT2D eigenvalue weighted by Gasteiger charge is -2.02. The highest BCUT2D eigenvalue weighted by Crippen LogP contribution is 2.16. The molecule has 0 aliphatic rings. The lowest BCUT2D eigenvalue weighted by Crippen LogP contribution is -2.23. The highest BCUT2D eigenvalue weighted by atomic mass is 32.1. The van der Waals surface area contributed by atoms with Crippen LogP contribution in [0.5, 0.6) is 0 Å². The molecule has 0 atom stereocenters. The van der Waals surface area contributed by atoms with Crippen molar-refractivity contribution in [3.8, 4) is 0 Å². The van der Waals surface area contributed by atoms with Crippen LogP contribution >= 0.6 is 11.3 Å². The van der Waals surface area contributed by atoms with Gasteiger partial charge in [-0.1, -0.05) is 6.92 Å². The Kier molecular flexibility index (Phi) is 3.94. The summed E-state index contributed by atoms with van der Waals surface area (Å²) in [5.41, 5.74) is 0.249. The molecule has 5 heteroatoms. The summed E-state index contributed by atoms with van der Waals surface area (Å²) in [6, 6.07) is 6.96. The molecule has 0 fully saturated rings. The zero-order valence-electron chi connectivity index (χ0n) is 10.0. The van der Waals surface area contributed by atoms with Crippen LogP contribution in [0.4, 0.5) is 0 Å². The molecule has 18 heavy (non-hydrogen) atoms. The maximum absolute atomic E-state index is 11.8. The van der Waals surface area contributed by atoms with Gasteiger partial charge in [-0.25, -0.2) is 0 Å². The molecule has 0 saturated heterocycles. The minimum absolute atomic E-state index is 0.183. The van der Waals surface area contributed by atoms with E-state index >= 15 is 0 Å². The molecule has 0 saturated carbocycles. The number of aromatic nitrogens is 1. The van der Waals surface area contributed by atoms with E-state index in [1.807, 2.05) is 6.07 Å². The Bertz CT molecular complexity index is 581. The molecule has 0 radical (unpaired) electrons. The van der Waals surface area contributed by atoms with E-state index in [9.17, 15) is 9.59 Å². The van der Waals surface area contributed by atoms with Crippen LogP contribution in [0.25, 0.3) is 0 Å². The van der Waals surface area contributed by atoms with Gasteiger partial charge < -0.3 is 10.3 Å². The monoisotopic (exact) mass is 262 g/mol. The summed E-state index contributed by atoms with van der Waals surface area (Å²) in [5.74, 6) is -0.183. The molecule has 2 aromatic heterocycles. The van der Waals surface area contributed by atoms with E-state index in [1.54, 1.807) is 11.3 Å². The van der Waals surface area contributed by atoms with Gasteiger partial charge in [0, 0.05) is 22.0 Å². The summed E-state index contributed by atoms with van der Waals surface area (Å²) < 4.78 is 0. The summed E-state index contributed by atoms with van der Waals surface area (Å²) in [5, 5.41) is 2.82. The summed E-state index contributed by atoms with van der Waals surface area (Å²) in [6.07, 6.45) is 2.43. The van der Waals surface area contributed by atoms with Crippen molar-refractivity contribution in [3.05, 3.63) is 56.1 Å². The first kappa shape index (κ1) is 12.6. The second kappa shape index (κ2) is 5.64. The molecule has 1 amide bonds. The van der Waals surface area contributed by atoms with Gasteiger partial charge in [-0.2, -0.15) is 0 Å². The van der Waals surface area contributed by atoms with E-state index in [-0.39, 0.29) is 11.5 Å². The number of H-pyrrole nitrogens is 1.